The Morgan fingerprint density at radius 2 is 1.77 bits per heavy atom. The number of aromatic nitrogens is 1. The van der Waals surface area contributed by atoms with E-state index in [1.165, 1.54) is 11.3 Å². The topological polar surface area (TPSA) is 83.5 Å². The molecule has 3 aromatic rings. The lowest BCUT2D eigenvalue weighted by molar-refractivity contribution is -0.136. The highest BCUT2D eigenvalue weighted by Crippen LogP contribution is 2.25. The van der Waals surface area contributed by atoms with E-state index < -0.39 is 11.8 Å². The Morgan fingerprint density at radius 1 is 1.08 bits per heavy atom. The second kappa shape index (κ2) is 7.45. The molecule has 0 radical (unpaired) electrons. The third-order valence-electron chi connectivity index (χ3n) is 3.82. The zero-order chi connectivity index (χ0) is 18.7. The second-order valence-electron chi connectivity index (χ2n) is 5.95. The molecule has 0 unspecified atom stereocenters. The molecule has 6 nitrogen and oxygen atoms in total. The van der Waals surface area contributed by atoms with Crippen molar-refractivity contribution in [2.24, 2.45) is 5.10 Å². The molecule has 0 bridgehead atoms. The van der Waals surface area contributed by atoms with Crippen LogP contribution in [0.5, 0.6) is 0 Å². The number of anilines is 1. The van der Waals surface area contributed by atoms with Crippen LogP contribution in [-0.2, 0) is 9.59 Å². The highest BCUT2D eigenvalue weighted by molar-refractivity contribution is 7.22. The first-order valence-electron chi connectivity index (χ1n) is 8.02. The summed E-state index contributed by atoms with van der Waals surface area (Å²) in [6.45, 7) is 5.97. The SMILES string of the molecule is Cc1cc(C)c(C=NNC(=O)C(=O)Nc2nc3ccccc3s2)c(C)c1. The fourth-order valence-electron chi connectivity index (χ4n) is 2.68. The number of hydrogen-bond acceptors (Lipinski definition) is 5. The molecule has 0 fully saturated rings. The van der Waals surface area contributed by atoms with Gasteiger partial charge < -0.3 is 0 Å². The van der Waals surface area contributed by atoms with Crippen LogP contribution in [0.2, 0.25) is 0 Å². The number of hydrazone groups is 1. The van der Waals surface area contributed by atoms with Gasteiger partial charge in [-0.05, 0) is 44.0 Å². The lowest BCUT2D eigenvalue weighted by atomic mass is 10.0. The lowest BCUT2D eigenvalue weighted by Crippen LogP contribution is -2.32. The molecule has 2 amide bonds. The van der Waals surface area contributed by atoms with Crippen molar-refractivity contribution in [2.75, 3.05) is 5.32 Å². The average Bonchev–Trinajstić information content (AvgIpc) is 2.99. The van der Waals surface area contributed by atoms with Gasteiger partial charge in [-0.2, -0.15) is 5.10 Å². The first-order valence-corrected chi connectivity index (χ1v) is 8.83. The Labute approximate surface area is 155 Å². The van der Waals surface area contributed by atoms with Crippen molar-refractivity contribution in [1.82, 2.24) is 10.4 Å². The van der Waals surface area contributed by atoms with Crippen LogP contribution in [0.4, 0.5) is 5.13 Å². The van der Waals surface area contributed by atoms with E-state index in [4.69, 9.17) is 0 Å². The van der Waals surface area contributed by atoms with Crippen LogP contribution in [0.25, 0.3) is 10.2 Å². The van der Waals surface area contributed by atoms with Gasteiger partial charge in [-0.25, -0.2) is 10.4 Å². The normalized spacial score (nSPS) is 11.0. The molecule has 3 rings (SSSR count). The Kier molecular flexibility index (Phi) is 5.09. The molecule has 0 aliphatic heterocycles. The number of nitrogens with zero attached hydrogens (tertiary/aromatic N) is 2. The van der Waals surface area contributed by atoms with Crippen molar-refractivity contribution in [3.63, 3.8) is 0 Å². The van der Waals surface area contributed by atoms with E-state index in [1.807, 2.05) is 57.2 Å². The third-order valence-corrected chi connectivity index (χ3v) is 4.77. The van der Waals surface area contributed by atoms with E-state index in [0.717, 1.165) is 32.5 Å². The van der Waals surface area contributed by atoms with E-state index in [1.54, 1.807) is 6.21 Å². The average molecular weight is 366 g/mol. The van der Waals surface area contributed by atoms with Gasteiger partial charge in [0.15, 0.2) is 5.13 Å². The van der Waals surface area contributed by atoms with Gasteiger partial charge in [-0.3, -0.25) is 14.9 Å². The quantitative estimate of drug-likeness (QED) is 0.424. The Morgan fingerprint density at radius 3 is 2.46 bits per heavy atom. The number of amides is 2. The fourth-order valence-corrected chi connectivity index (χ4v) is 3.54. The molecular weight excluding hydrogens is 348 g/mol. The maximum atomic E-state index is 12.0. The molecule has 26 heavy (non-hydrogen) atoms. The second-order valence-corrected chi connectivity index (χ2v) is 6.98. The van der Waals surface area contributed by atoms with E-state index in [0.29, 0.717) is 5.13 Å². The minimum Gasteiger partial charge on any atom is -0.294 e. The molecule has 0 aliphatic rings. The van der Waals surface area contributed by atoms with Gasteiger partial charge in [0, 0.05) is 5.56 Å². The van der Waals surface area contributed by atoms with E-state index >= 15 is 0 Å². The first kappa shape index (κ1) is 17.8. The molecule has 0 saturated heterocycles. The number of hydrogen-bond donors (Lipinski definition) is 2. The largest absolute Gasteiger partial charge is 0.329 e. The Hall–Kier alpha value is -3.06. The van der Waals surface area contributed by atoms with Gasteiger partial charge in [0.2, 0.25) is 0 Å². The molecule has 2 N–H and O–H groups in total. The summed E-state index contributed by atoms with van der Waals surface area (Å²) in [7, 11) is 0. The van der Waals surface area contributed by atoms with Crippen LogP contribution in [0.3, 0.4) is 0 Å². The number of nitrogens with one attached hydrogen (secondary N) is 2. The van der Waals surface area contributed by atoms with Gasteiger partial charge in [-0.1, -0.05) is 41.2 Å². The summed E-state index contributed by atoms with van der Waals surface area (Å²) in [5, 5.41) is 6.76. The lowest BCUT2D eigenvalue weighted by Gasteiger charge is -2.06. The zero-order valence-electron chi connectivity index (χ0n) is 14.7. The molecular formula is C19H18N4O2S. The predicted octanol–water partition coefficient (Wildman–Crippen LogP) is 3.31. The number of para-hydroxylation sites is 1. The number of fused-ring (bicyclic) bond motifs is 1. The van der Waals surface area contributed by atoms with Gasteiger partial charge in [0.25, 0.3) is 0 Å². The number of carbonyl (C=O) groups is 2. The number of carbonyl (C=O) groups excluding carboxylic acids is 2. The summed E-state index contributed by atoms with van der Waals surface area (Å²) in [6.07, 6.45) is 1.55. The highest BCUT2D eigenvalue weighted by atomic mass is 32.1. The molecule has 0 spiro atoms. The molecule has 0 atom stereocenters. The molecule has 1 heterocycles. The number of thiazole rings is 1. The van der Waals surface area contributed by atoms with Crippen molar-refractivity contribution in [3.05, 3.63) is 58.7 Å². The van der Waals surface area contributed by atoms with Crippen LogP contribution in [0, 0.1) is 20.8 Å². The van der Waals surface area contributed by atoms with Gasteiger partial charge in [0.05, 0.1) is 16.4 Å². The summed E-state index contributed by atoms with van der Waals surface area (Å²) in [5.74, 6) is -1.65. The minimum atomic E-state index is -0.845. The Bertz CT molecular complexity index is 967. The Balaban J connectivity index is 1.63. The molecule has 132 valence electrons. The van der Waals surface area contributed by atoms with Crippen LogP contribution >= 0.6 is 11.3 Å². The number of rotatable bonds is 3. The van der Waals surface area contributed by atoms with E-state index in [2.05, 4.69) is 20.8 Å². The summed E-state index contributed by atoms with van der Waals surface area (Å²) in [4.78, 5) is 28.2. The van der Waals surface area contributed by atoms with E-state index in [-0.39, 0.29) is 0 Å². The van der Waals surface area contributed by atoms with Crippen LogP contribution in [0.15, 0.2) is 41.5 Å². The maximum absolute atomic E-state index is 12.0. The predicted molar refractivity (Wildman–Crippen MR) is 105 cm³/mol. The molecule has 7 heteroatoms. The minimum absolute atomic E-state index is 0.376. The van der Waals surface area contributed by atoms with Crippen LogP contribution in [0.1, 0.15) is 22.3 Å². The van der Waals surface area contributed by atoms with Crippen molar-refractivity contribution in [1.29, 1.82) is 0 Å². The molecule has 1 aromatic heterocycles. The van der Waals surface area contributed by atoms with Crippen molar-refractivity contribution in [2.45, 2.75) is 20.8 Å². The zero-order valence-corrected chi connectivity index (χ0v) is 15.5. The van der Waals surface area contributed by atoms with E-state index in [9.17, 15) is 9.59 Å². The van der Waals surface area contributed by atoms with Crippen molar-refractivity contribution >= 4 is 44.7 Å². The van der Waals surface area contributed by atoms with Gasteiger partial charge in [0.1, 0.15) is 0 Å². The number of aryl methyl sites for hydroxylation is 3. The monoisotopic (exact) mass is 366 g/mol. The summed E-state index contributed by atoms with van der Waals surface area (Å²) >= 11 is 1.31. The van der Waals surface area contributed by atoms with Crippen molar-refractivity contribution in [3.8, 4) is 0 Å². The smallest absolute Gasteiger partial charge is 0.294 e. The third kappa shape index (κ3) is 3.94. The van der Waals surface area contributed by atoms with Crippen LogP contribution < -0.4 is 10.7 Å². The van der Waals surface area contributed by atoms with Gasteiger partial charge in [-0.15, -0.1) is 0 Å². The fraction of sp³-hybridized carbons (Fsp3) is 0.158. The molecule has 0 saturated carbocycles. The molecule has 0 aliphatic carbocycles. The summed E-state index contributed by atoms with van der Waals surface area (Å²) < 4.78 is 0.937. The van der Waals surface area contributed by atoms with Gasteiger partial charge >= 0.3 is 11.8 Å². The summed E-state index contributed by atoms with van der Waals surface area (Å²) in [5.41, 5.74) is 7.22. The first-order chi connectivity index (χ1) is 12.4. The molecule has 2 aromatic carbocycles. The standard InChI is InChI=1S/C19H18N4O2S/c1-11-8-12(2)14(13(3)9-11)10-20-23-18(25)17(24)22-19-21-15-6-4-5-7-16(15)26-19/h4-10H,1-3H3,(H,23,25)(H,21,22,24). The highest BCUT2D eigenvalue weighted by Gasteiger charge is 2.15. The van der Waals surface area contributed by atoms with Crippen LogP contribution in [-0.4, -0.2) is 23.0 Å². The number of benzene rings is 2. The maximum Gasteiger partial charge on any atom is 0.329 e. The summed E-state index contributed by atoms with van der Waals surface area (Å²) in [6, 6.07) is 11.6. The van der Waals surface area contributed by atoms with Crippen molar-refractivity contribution < 1.29 is 9.59 Å².